The van der Waals surface area contributed by atoms with Crippen LogP contribution in [0.4, 0.5) is 0 Å². The van der Waals surface area contributed by atoms with Gasteiger partial charge in [-0.1, -0.05) is 6.42 Å². The van der Waals surface area contributed by atoms with E-state index >= 15 is 0 Å². The molecule has 2 aliphatic heterocycles. The molecular weight excluding hydrogens is 236 g/mol. The van der Waals surface area contributed by atoms with Crippen molar-refractivity contribution in [2.24, 2.45) is 5.92 Å². The predicted molar refractivity (Wildman–Crippen MR) is 69.9 cm³/mol. The summed E-state index contributed by atoms with van der Waals surface area (Å²) in [6.07, 6.45) is 4.49. The second kappa shape index (κ2) is 5.67. The third-order valence-corrected chi connectivity index (χ3v) is 5.88. The number of likely N-dealkylation sites (tertiary alicyclic amines) is 1. The Morgan fingerprint density at radius 1 is 1.29 bits per heavy atom. The highest BCUT2D eigenvalue weighted by Crippen LogP contribution is 2.19. The van der Waals surface area contributed by atoms with Crippen LogP contribution in [0.5, 0.6) is 0 Å². The molecular formula is C12H24N2O2S. The van der Waals surface area contributed by atoms with Crippen molar-refractivity contribution in [1.82, 2.24) is 10.2 Å². The van der Waals surface area contributed by atoms with Gasteiger partial charge in [-0.15, -0.1) is 0 Å². The fourth-order valence-corrected chi connectivity index (χ4v) is 4.49. The fraction of sp³-hybridized carbons (Fsp3) is 1.00. The lowest BCUT2D eigenvalue weighted by atomic mass is 10.0. The van der Waals surface area contributed by atoms with Crippen LogP contribution in [0, 0.1) is 5.92 Å². The molecule has 0 aromatic rings. The second-order valence-electron chi connectivity index (χ2n) is 5.56. The minimum absolute atomic E-state index is 0.365. The van der Waals surface area contributed by atoms with Crippen molar-refractivity contribution in [1.29, 1.82) is 0 Å². The van der Waals surface area contributed by atoms with Gasteiger partial charge in [-0.3, -0.25) is 0 Å². The Labute approximate surface area is 105 Å². The van der Waals surface area contributed by atoms with E-state index in [0.29, 0.717) is 23.5 Å². The van der Waals surface area contributed by atoms with Gasteiger partial charge in [0.25, 0.3) is 0 Å². The third-order valence-electron chi connectivity index (χ3n) is 4.04. The molecule has 1 unspecified atom stereocenters. The molecule has 0 radical (unpaired) electrons. The molecule has 0 saturated carbocycles. The van der Waals surface area contributed by atoms with Crippen molar-refractivity contribution in [2.45, 2.75) is 31.7 Å². The monoisotopic (exact) mass is 260 g/mol. The Kier molecular flexibility index (Phi) is 4.44. The molecule has 0 spiro atoms. The van der Waals surface area contributed by atoms with Gasteiger partial charge in [0.1, 0.15) is 0 Å². The van der Waals surface area contributed by atoms with Crippen molar-refractivity contribution < 1.29 is 8.42 Å². The van der Waals surface area contributed by atoms with Gasteiger partial charge in [0, 0.05) is 19.1 Å². The van der Waals surface area contributed by atoms with Crippen molar-refractivity contribution in [3.05, 3.63) is 0 Å². The summed E-state index contributed by atoms with van der Waals surface area (Å²) in [5, 5.41) is 3.12. The summed E-state index contributed by atoms with van der Waals surface area (Å²) in [7, 11) is -0.714. The summed E-state index contributed by atoms with van der Waals surface area (Å²) in [6, 6.07) is 0.484. The van der Waals surface area contributed by atoms with Crippen LogP contribution in [0.3, 0.4) is 0 Å². The molecule has 2 heterocycles. The van der Waals surface area contributed by atoms with E-state index in [1.54, 1.807) is 0 Å². The van der Waals surface area contributed by atoms with Gasteiger partial charge in [-0.25, -0.2) is 8.42 Å². The topological polar surface area (TPSA) is 49.4 Å². The van der Waals surface area contributed by atoms with Gasteiger partial charge < -0.3 is 10.2 Å². The lowest BCUT2D eigenvalue weighted by molar-refractivity contribution is 0.181. The number of hydrogen-bond donors (Lipinski definition) is 1. The van der Waals surface area contributed by atoms with E-state index < -0.39 is 9.84 Å². The quantitative estimate of drug-likeness (QED) is 0.782. The molecule has 0 bridgehead atoms. The first-order chi connectivity index (χ1) is 8.07. The Morgan fingerprint density at radius 2 is 2.06 bits per heavy atom. The van der Waals surface area contributed by atoms with E-state index in [4.69, 9.17) is 0 Å². The van der Waals surface area contributed by atoms with E-state index in [2.05, 4.69) is 17.3 Å². The number of rotatable bonds is 5. The lowest BCUT2D eigenvalue weighted by Crippen LogP contribution is -2.46. The number of hydrogen-bond acceptors (Lipinski definition) is 4. The molecule has 0 aromatic carbocycles. The molecule has 2 fully saturated rings. The largest absolute Gasteiger partial charge is 0.316 e. The summed E-state index contributed by atoms with van der Waals surface area (Å²) >= 11 is 0. The molecule has 2 saturated heterocycles. The van der Waals surface area contributed by atoms with E-state index in [1.807, 2.05) is 0 Å². The second-order valence-corrected chi connectivity index (χ2v) is 7.79. The summed E-state index contributed by atoms with van der Waals surface area (Å²) < 4.78 is 23.9. The molecule has 2 rings (SSSR count). The first kappa shape index (κ1) is 13.3. The average molecular weight is 260 g/mol. The fourth-order valence-electron chi connectivity index (χ4n) is 2.73. The Balaban J connectivity index is 1.75. The van der Waals surface area contributed by atoms with Gasteiger partial charge in [0.2, 0.25) is 0 Å². The van der Waals surface area contributed by atoms with Crippen LogP contribution in [-0.2, 0) is 9.84 Å². The van der Waals surface area contributed by atoms with Crippen LogP contribution >= 0.6 is 0 Å². The maximum absolute atomic E-state index is 11.9. The zero-order valence-electron chi connectivity index (χ0n) is 10.7. The molecule has 17 heavy (non-hydrogen) atoms. The van der Waals surface area contributed by atoms with E-state index in [-0.39, 0.29) is 0 Å². The average Bonchev–Trinajstić information content (AvgIpc) is 2.23. The third kappa shape index (κ3) is 3.93. The number of sulfone groups is 1. The molecule has 5 heteroatoms. The smallest absolute Gasteiger partial charge is 0.150 e. The number of nitrogens with zero attached hydrogens (tertiary/aromatic N) is 1. The van der Waals surface area contributed by atoms with Gasteiger partial charge in [0.05, 0.1) is 11.5 Å². The summed E-state index contributed by atoms with van der Waals surface area (Å²) in [5.41, 5.74) is 0. The minimum Gasteiger partial charge on any atom is -0.316 e. The first-order valence-electron chi connectivity index (χ1n) is 6.68. The molecule has 0 amide bonds. The van der Waals surface area contributed by atoms with Gasteiger partial charge in [-0.2, -0.15) is 0 Å². The Bertz CT molecular complexity index is 338. The summed E-state index contributed by atoms with van der Waals surface area (Å²) in [6.45, 7) is 2.88. The van der Waals surface area contributed by atoms with Crippen LogP contribution < -0.4 is 5.32 Å². The highest BCUT2D eigenvalue weighted by Gasteiger charge is 2.26. The zero-order valence-corrected chi connectivity index (χ0v) is 11.5. The molecule has 0 aliphatic carbocycles. The van der Waals surface area contributed by atoms with E-state index in [0.717, 1.165) is 32.5 Å². The Morgan fingerprint density at radius 3 is 2.65 bits per heavy atom. The molecule has 0 aromatic heterocycles. The number of nitrogens with one attached hydrogen (secondary N) is 1. The van der Waals surface area contributed by atoms with Crippen molar-refractivity contribution in [3.8, 4) is 0 Å². The SMILES string of the molecule is CN1CCCCC1CCS(=O)(=O)CC1CNC1. The van der Waals surface area contributed by atoms with Gasteiger partial charge in [0.15, 0.2) is 9.84 Å². The van der Waals surface area contributed by atoms with Crippen LogP contribution in [-0.4, -0.2) is 57.5 Å². The van der Waals surface area contributed by atoms with Crippen molar-refractivity contribution >= 4 is 9.84 Å². The highest BCUT2D eigenvalue weighted by molar-refractivity contribution is 7.91. The molecule has 100 valence electrons. The maximum Gasteiger partial charge on any atom is 0.150 e. The first-order valence-corrected chi connectivity index (χ1v) is 8.50. The van der Waals surface area contributed by atoms with Gasteiger partial charge in [-0.05, 0) is 38.8 Å². The minimum atomic E-state index is -2.83. The summed E-state index contributed by atoms with van der Waals surface area (Å²) in [5.74, 6) is 1.12. The molecule has 1 N–H and O–H groups in total. The Hall–Kier alpha value is -0.130. The lowest BCUT2D eigenvalue weighted by Gasteiger charge is -2.32. The van der Waals surface area contributed by atoms with E-state index in [9.17, 15) is 8.42 Å². The maximum atomic E-state index is 11.9. The zero-order chi connectivity index (χ0) is 12.3. The van der Waals surface area contributed by atoms with Crippen molar-refractivity contribution in [3.63, 3.8) is 0 Å². The summed E-state index contributed by atoms with van der Waals surface area (Å²) in [4.78, 5) is 2.32. The van der Waals surface area contributed by atoms with E-state index in [1.165, 1.54) is 12.8 Å². The normalized spacial score (nSPS) is 27.9. The van der Waals surface area contributed by atoms with Gasteiger partial charge >= 0.3 is 0 Å². The predicted octanol–water partition coefficient (Wildman–Crippen LogP) is 0.495. The van der Waals surface area contributed by atoms with Crippen LogP contribution in [0.2, 0.25) is 0 Å². The highest BCUT2D eigenvalue weighted by atomic mass is 32.2. The van der Waals surface area contributed by atoms with Crippen molar-refractivity contribution in [2.75, 3.05) is 38.2 Å². The van der Waals surface area contributed by atoms with Crippen LogP contribution in [0.25, 0.3) is 0 Å². The molecule has 1 atom stereocenters. The molecule has 4 nitrogen and oxygen atoms in total. The standard InChI is InChI=1S/C12H24N2O2S/c1-14-6-3-2-4-12(14)5-7-17(15,16)10-11-8-13-9-11/h11-13H,2-10H2,1H3. The molecule has 2 aliphatic rings. The number of piperidine rings is 1. The van der Waals surface area contributed by atoms with Crippen LogP contribution in [0.15, 0.2) is 0 Å². The van der Waals surface area contributed by atoms with Crippen LogP contribution in [0.1, 0.15) is 25.7 Å².